The number of carboxylic acid groups (broad SMARTS) is 1. The van der Waals surface area contributed by atoms with Crippen LogP contribution >= 0.6 is 0 Å². The van der Waals surface area contributed by atoms with Crippen LogP contribution in [0.15, 0.2) is 0 Å². The van der Waals surface area contributed by atoms with Crippen molar-refractivity contribution in [2.24, 2.45) is 11.3 Å². The van der Waals surface area contributed by atoms with E-state index in [0.717, 1.165) is 0 Å². The van der Waals surface area contributed by atoms with Gasteiger partial charge in [-0.1, -0.05) is 27.7 Å². The molecule has 0 aliphatic heterocycles. The van der Waals surface area contributed by atoms with Gasteiger partial charge in [0.25, 0.3) is 0 Å². The maximum atomic E-state index is 12.4. The van der Waals surface area contributed by atoms with E-state index in [1.54, 1.807) is 48.5 Å². The van der Waals surface area contributed by atoms with Crippen molar-refractivity contribution in [3.05, 3.63) is 0 Å². The summed E-state index contributed by atoms with van der Waals surface area (Å²) in [5.41, 5.74) is -1.41. The molecule has 0 fully saturated rings. The molecule has 122 valence electrons. The number of alkyl carbamates (subject to hydrolysis) is 1. The first-order valence-electron chi connectivity index (χ1n) is 7.05. The smallest absolute Gasteiger partial charge is 0.408 e. The van der Waals surface area contributed by atoms with E-state index in [2.05, 4.69) is 5.32 Å². The van der Waals surface area contributed by atoms with Gasteiger partial charge in [-0.2, -0.15) is 0 Å². The summed E-state index contributed by atoms with van der Waals surface area (Å²) in [6.45, 7) is 11.9. The predicted molar refractivity (Wildman–Crippen MR) is 79.0 cm³/mol. The fraction of sp³-hybridized carbons (Fsp3) is 0.800. The summed E-state index contributed by atoms with van der Waals surface area (Å²) >= 11 is 0. The van der Waals surface area contributed by atoms with Gasteiger partial charge in [-0.25, -0.2) is 4.79 Å². The van der Waals surface area contributed by atoms with Crippen molar-refractivity contribution in [1.29, 1.82) is 0 Å². The van der Waals surface area contributed by atoms with Crippen LogP contribution in [0.25, 0.3) is 0 Å². The van der Waals surface area contributed by atoms with Gasteiger partial charge in [0.15, 0.2) is 5.78 Å². The normalized spacial score (nSPS) is 15.0. The molecule has 21 heavy (non-hydrogen) atoms. The molecule has 2 N–H and O–H groups in total. The zero-order valence-corrected chi connectivity index (χ0v) is 13.9. The van der Waals surface area contributed by atoms with Crippen molar-refractivity contribution in [3.8, 4) is 0 Å². The molecule has 1 amide bonds. The Morgan fingerprint density at radius 3 is 1.86 bits per heavy atom. The number of ether oxygens (including phenoxy) is 1. The minimum Gasteiger partial charge on any atom is -0.481 e. The second kappa shape index (κ2) is 6.91. The molecular formula is C15H27NO5. The maximum Gasteiger partial charge on any atom is 0.408 e. The second-order valence-corrected chi connectivity index (χ2v) is 7.15. The van der Waals surface area contributed by atoms with Gasteiger partial charge in [-0.15, -0.1) is 0 Å². The Balaban J connectivity index is 5.06. The van der Waals surface area contributed by atoms with Crippen LogP contribution in [0, 0.1) is 11.3 Å². The molecule has 0 saturated heterocycles. The Kier molecular flexibility index (Phi) is 6.39. The van der Waals surface area contributed by atoms with Crippen molar-refractivity contribution in [2.75, 3.05) is 0 Å². The first-order valence-corrected chi connectivity index (χ1v) is 7.05. The summed E-state index contributed by atoms with van der Waals surface area (Å²) in [5, 5.41) is 11.7. The van der Waals surface area contributed by atoms with Gasteiger partial charge in [0, 0.05) is 0 Å². The van der Waals surface area contributed by atoms with Gasteiger partial charge in [0.05, 0.1) is 6.04 Å². The van der Waals surface area contributed by atoms with Crippen LogP contribution in [0.3, 0.4) is 0 Å². The van der Waals surface area contributed by atoms with Gasteiger partial charge in [-0.05, 0) is 32.6 Å². The quantitative estimate of drug-likeness (QED) is 0.761. The Labute approximate surface area is 126 Å². The number of carbonyl (C=O) groups is 3. The molecule has 0 saturated carbocycles. The number of ketones is 1. The highest BCUT2D eigenvalue weighted by molar-refractivity contribution is 6.02. The molecule has 0 radical (unpaired) electrons. The van der Waals surface area contributed by atoms with Crippen LogP contribution in [0.4, 0.5) is 4.79 Å². The molecule has 0 aromatic carbocycles. The molecule has 0 heterocycles. The topological polar surface area (TPSA) is 92.7 Å². The molecule has 0 aliphatic rings. The summed E-state index contributed by atoms with van der Waals surface area (Å²) in [5.74, 6) is -2.88. The number of amides is 1. The van der Waals surface area contributed by atoms with Crippen LogP contribution in [-0.2, 0) is 14.3 Å². The first kappa shape index (κ1) is 19.4. The van der Waals surface area contributed by atoms with E-state index in [9.17, 15) is 19.5 Å². The molecule has 0 aliphatic carbocycles. The number of Topliss-reactive ketones (excluding diaryl/α,β-unsaturated/α-hetero) is 1. The third-order valence-electron chi connectivity index (χ3n) is 2.84. The monoisotopic (exact) mass is 301 g/mol. The summed E-state index contributed by atoms with van der Waals surface area (Å²) in [6, 6.07) is -0.875. The van der Waals surface area contributed by atoms with Gasteiger partial charge < -0.3 is 15.2 Å². The number of aliphatic carboxylic acids is 1. The summed E-state index contributed by atoms with van der Waals surface area (Å²) < 4.78 is 5.10. The number of carboxylic acids is 1. The maximum absolute atomic E-state index is 12.4. The number of carbonyl (C=O) groups excluding carboxylic acids is 2. The lowest BCUT2D eigenvalue weighted by molar-refractivity contribution is -0.151. The molecule has 2 atom stereocenters. The average Bonchev–Trinajstić information content (AvgIpc) is 2.20. The van der Waals surface area contributed by atoms with Crippen LogP contribution in [0.5, 0.6) is 0 Å². The van der Waals surface area contributed by atoms with E-state index in [1.807, 2.05) is 0 Å². The Hall–Kier alpha value is -1.59. The van der Waals surface area contributed by atoms with E-state index >= 15 is 0 Å². The predicted octanol–water partition coefficient (Wildman–Crippen LogP) is 2.61. The molecule has 1 unspecified atom stereocenters. The molecular weight excluding hydrogens is 274 g/mol. The second-order valence-electron chi connectivity index (χ2n) is 7.15. The molecule has 0 rings (SSSR count). The first-order chi connectivity index (χ1) is 9.29. The van der Waals surface area contributed by atoms with Gasteiger partial charge in [0.2, 0.25) is 0 Å². The zero-order chi connectivity index (χ0) is 17.0. The van der Waals surface area contributed by atoms with Gasteiger partial charge in [-0.3, -0.25) is 9.59 Å². The average molecular weight is 301 g/mol. The van der Waals surface area contributed by atoms with Crippen molar-refractivity contribution in [2.45, 2.75) is 66.5 Å². The number of nitrogens with one attached hydrogen (secondary N) is 1. The van der Waals surface area contributed by atoms with Crippen LogP contribution < -0.4 is 5.32 Å². The molecule has 6 heteroatoms. The number of hydrogen-bond donors (Lipinski definition) is 2. The molecule has 0 aromatic rings. The van der Waals surface area contributed by atoms with Gasteiger partial charge in [0.1, 0.15) is 11.5 Å². The summed E-state index contributed by atoms with van der Waals surface area (Å²) in [6.07, 6.45) is -0.418. The SMILES string of the molecule is CCC(NC(=O)OC(C)(C)C)C(=O)[C@H](C(=O)O)C(C)(C)C. The molecule has 0 spiro atoms. The lowest BCUT2D eigenvalue weighted by Gasteiger charge is -2.29. The third kappa shape index (κ3) is 6.60. The Morgan fingerprint density at radius 1 is 1.10 bits per heavy atom. The lowest BCUT2D eigenvalue weighted by Crippen LogP contribution is -2.49. The fourth-order valence-electron chi connectivity index (χ4n) is 1.94. The van der Waals surface area contributed by atoms with Gasteiger partial charge >= 0.3 is 12.1 Å². The van der Waals surface area contributed by atoms with Crippen molar-refractivity contribution in [3.63, 3.8) is 0 Å². The highest BCUT2D eigenvalue weighted by atomic mass is 16.6. The van der Waals surface area contributed by atoms with E-state index in [1.165, 1.54) is 0 Å². The van der Waals surface area contributed by atoms with Crippen molar-refractivity contribution in [1.82, 2.24) is 5.32 Å². The zero-order valence-electron chi connectivity index (χ0n) is 13.9. The van der Waals surface area contributed by atoms with Crippen LogP contribution in [-0.4, -0.2) is 34.6 Å². The van der Waals surface area contributed by atoms with E-state index in [4.69, 9.17) is 4.74 Å². The highest BCUT2D eigenvalue weighted by Gasteiger charge is 2.41. The van der Waals surface area contributed by atoms with Crippen LogP contribution in [0.2, 0.25) is 0 Å². The molecule has 0 bridgehead atoms. The molecule has 6 nitrogen and oxygen atoms in total. The summed E-state index contributed by atoms with van der Waals surface area (Å²) in [4.78, 5) is 35.5. The Morgan fingerprint density at radius 2 is 1.57 bits per heavy atom. The van der Waals surface area contributed by atoms with E-state index < -0.39 is 40.8 Å². The standard InChI is InChI=1S/C15H27NO5/c1-8-9(16-13(20)21-15(5,6)7)11(17)10(12(18)19)14(2,3)4/h9-10H,8H2,1-7H3,(H,16,20)(H,18,19)/t9?,10-/m1/s1. The van der Waals surface area contributed by atoms with Crippen molar-refractivity contribution < 1.29 is 24.2 Å². The number of rotatable bonds is 5. The fourth-order valence-corrected chi connectivity index (χ4v) is 1.94. The largest absolute Gasteiger partial charge is 0.481 e. The number of hydrogen-bond acceptors (Lipinski definition) is 4. The summed E-state index contributed by atoms with van der Waals surface area (Å²) in [7, 11) is 0. The third-order valence-corrected chi connectivity index (χ3v) is 2.84. The Bertz CT molecular complexity index is 403. The van der Waals surface area contributed by atoms with Crippen molar-refractivity contribution >= 4 is 17.8 Å². The molecule has 0 aromatic heterocycles. The van der Waals surface area contributed by atoms with E-state index in [-0.39, 0.29) is 0 Å². The lowest BCUT2D eigenvalue weighted by atomic mass is 9.76. The minimum atomic E-state index is -1.18. The van der Waals surface area contributed by atoms with Crippen LogP contribution in [0.1, 0.15) is 54.9 Å². The minimum absolute atomic E-state index is 0.304. The van der Waals surface area contributed by atoms with E-state index in [0.29, 0.717) is 6.42 Å². The highest BCUT2D eigenvalue weighted by Crippen LogP contribution is 2.28.